The second kappa shape index (κ2) is 6.30. The van der Waals surface area contributed by atoms with Gasteiger partial charge in [-0.15, -0.1) is 0 Å². The quantitative estimate of drug-likeness (QED) is 0.601. The molecular formula is C15H11Br2F. The van der Waals surface area contributed by atoms with Crippen molar-refractivity contribution in [2.24, 2.45) is 0 Å². The van der Waals surface area contributed by atoms with Gasteiger partial charge in [0.1, 0.15) is 0 Å². The maximum atomic E-state index is 13.2. The molecule has 0 aliphatic heterocycles. The van der Waals surface area contributed by atoms with Crippen molar-refractivity contribution in [2.45, 2.75) is 0 Å². The molecule has 0 unspecified atom stereocenters. The number of halogens is 3. The first kappa shape index (κ1) is 13.5. The fourth-order valence-electron chi connectivity index (χ4n) is 1.73. The van der Waals surface area contributed by atoms with E-state index < -0.39 is 0 Å². The largest absolute Gasteiger partial charge is 0.198 e. The zero-order valence-corrected chi connectivity index (χ0v) is 12.7. The molecule has 0 saturated heterocycles. The number of alkyl halides is 1. The maximum Gasteiger partial charge on any atom is 0.170 e. The minimum Gasteiger partial charge on any atom is -0.198 e. The van der Waals surface area contributed by atoms with Crippen molar-refractivity contribution in [3.05, 3.63) is 64.9 Å². The summed E-state index contributed by atoms with van der Waals surface area (Å²) in [4.78, 5) is 0. The van der Waals surface area contributed by atoms with Crippen molar-refractivity contribution in [3.8, 4) is 11.1 Å². The summed E-state index contributed by atoms with van der Waals surface area (Å²) in [6, 6.07) is 18.0. The van der Waals surface area contributed by atoms with E-state index in [1.165, 1.54) is 0 Å². The third-order valence-corrected chi connectivity index (χ3v) is 3.74. The molecule has 0 spiro atoms. The summed E-state index contributed by atoms with van der Waals surface area (Å²) in [5, 5.41) is 0.481. The van der Waals surface area contributed by atoms with Gasteiger partial charge in [-0.05, 0) is 32.6 Å². The molecule has 0 N–H and O–H groups in total. The van der Waals surface area contributed by atoms with E-state index in [1.807, 2.05) is 42.5 Å². The summed E-state index contributed by atoms with van der Waals surface area (Å²) in [6.45, 7) is 0. The van der Waals surface area contributed by atoms with Crippen LogP contribution in [0.25, 0.3) is 16.7 Å². The molecule has 0 aliphatic carbocycles. The van der Waals surface area contributed by atoms with Gasteiger partial charge in [-0.1, -0.05) is 70.5 Å². The summed E-state index contributed by atoms with van der Waals surface area (Å²) in [6.07, 6.45) is 0. The van der Waals surface area contributed by atoms with Crippen molar-refractivity contribution in [1.82, 2.24) is 0 Å². The fraction of sp³-hybridized carbons (Fsp3) is 0.0667. The van der Waals surface area contributed by atoms with E-state index in [9.17, 15) is 4.39 Å². The van der Waals surface area contributed by atoms with Crippen LogP contribution in [0, 0.1) is 0 Å². The van der Waals surface area contributed by atoms with Crippen LogP contribution < -0.4 is 0 Å². The highest BCUT2D eigenvalue weighted by atomic mass is 79.9. The van der Waals surface area contributed by atoms with Crippen molar-refractivity contribution in [2.75, 3.05) is 5.33 Å². The Morgan fingerprint density at radius 3 is 1.94 bits per heavy atom. The normalized spacial score (nSPS) is 12.2. The Labute approximate surface area is 123 Å². The lowest BCUT2D eigenvalue weighted by Crippen LogP contribution is -1.87. The predicted octanol–water partition coefficient (Wildman–Crippen LogP) is 5.78. The Kier molecular flexibility index (Phi) is 4.72. The van der Waals surface area contributed by atoms with E-state index in [0.717, 1.165) is 16.7 Å². The molecular weight excluding hydrogens is 359 g/mol. The predicted molar refractivity (Wildman–Crippen MR) is 82.6 cm³/mol. The summed E-state index contributed by atoms with van der Waals surface area (Å²) in [5.41, 5.74) is 3.78. The molecule has 0 saturated carbocycles. The van der Waals surface area contributed by atoms with E-state index in [4.69, 9.17) is 0 Å². The van der Waals surface area contributed by atoms with Gasteiger partial charge in [0.25, 0.3) is 0 Å². The summed E-state index contributed by atoms with van der Waals surface area (Å²) in [7, 11) is 0. The molecule has 0 aromatic heterocycles. The lowest BCUT2D eigenvalue weighted by molar-refractivity contribution is 0.707. The van der Waals surface area contributed by atoms with Gasteiger partial charge in [-0.3, -0.25) is 0 Å². The zero-order valence-electron chi connectivity index (χ0n) is 9.54. The Morgan fingerprint density at radius 1 is 0.889 bits per heavy atom. The van der Waals surface area contributed by atoms with Gasteiger partial charge in [0.15, 0.2) is 4.74 Å². The highest BCUT2D eigenvalue weighted by molar-refractivity contribution is 9.12. The van der Waals surface area contributed by atoms with Crippen LogP contribution in [-0.2, 0) is 0 Å². The second-order valence-electron chi connectivity index (χ2n) is 3.82. The Bertz CT molecular complexity index is 540. The van der Waals surface area contributed by atoms with Crippen LogP contribution in [0.1, 0.15) is 5.56 Å². The number of hydrogen-bond donors (Lipinski definition) is 0. The molecule has 0 atom stereocenters. The lowest BCUT2D eigenvalue weighted by atomic mass is 10.0. The molecule has 0 aliphatic rings. The summed E-state index contributed by atoms with van der Waals surface area (Å²) >= 11 is 6.17. The highest BCUT2D eigenvalue weighted by Gasteiger charge is 2.06. The molecule has 0 bridgehead atoms. The number of allylic oxidation sites excluding steroid dienone is 1. The van der Waals surface area contributed by atoms with Crippen LogP contribution in [0.15, 0.2) is 59.3 Å². The standard InChI is InChI=1S/C15H11Br2F/c16-10-14(15(17)18)13-8-6-12(7-9-13)11-4-2-1-3-5-11/h1-9H,10H2/b15-14-. The Morgan fingerprint density at radius 2 is 1.44 bits per heavy atom. The number of benzene rings is 2. The molecule has 18 heavy (non-hydrogen) atoms. The van der Waals surface area contributed by atoms with Crippen molar-refractivity contribution in [3.63, 3.8) is 0 Å². The SMILES string of the molecule is F/C(Br)=C(/CBr)c1ccc(-c2ccccc2)cc1. The van der Waals surface area contributed by atoms with Crippen molar-refractivity contribution < 1.29 is 4.39 Å². The average Bonchev–Trinajstić information content (AvgIpc) is 2.41. The van der Waals surface area contributed by atoms with Gasteiger partial charge in [-0.25, -0.2) is 0 Å². The van der Waals surface area contributed by atoms with Crippen molar-refractivity contribution >= 4 is 37.4 Å². The van der Waals surface area contributed by atoms with Crippen LogP contribution in [0.4, 0.5) is 4.39 Å². The van der Waals surface area contributed by atoms with Gasteiger partial charge < -0.3 is 0 Å². The third-order valence-electron chi connectivity index (χ3n) is 2.70. The third kappa shape index (κ3) is 3.09. The average molecular weight is 370 g/mol. The van der Waals surface area contributed by atoms with E-state index in [-0.39, 0.29) is 4.74 Å². The Hall–Kier alpha value is -0.930. The first-order valence-corrected chi connectivity index (χ1v) is 7.40. The molecule has 0 radical (unpaired) electrons. The van der Waals surface area contributed by atoms with Crippen LogP contribution in [0.3, 0.4) is 0 Å². The number of rotatable bonds is 3. The van der Waals surface area contributed by atoms with Crippen molar-refractivity contribution in [1.29, 1.82) is 0 Å². The summed E-state index contributed by atoms with van der Waals surface area (Å²) < 4.78 is 12.9. The minimum absolute atomic E-state index is 0.327. The maximum absolute atomic E-state index is 13.2. The zero-order chi connectivity index (χ0) is 13.0. The monoisotopic (exact) mass is 368 g/mol. The first-order chi connectivity index (χ1) is 8.72. The highest BCUT2D eigenvalue weighted by Crippen LogP contribution is 2.27. The number of hydrogen-bond acceptors (Lipinski definition) is 0. The van der Waals surface area contributed by atoms with E-state index in [1.54, 1.807) is 0 Å². The molecule has 0 amide bonds. The van der Waals surface area contributed by atoms with Gasteiger partial charge in [-0.2, -0.15) is 4.39 Å². The molecule has 92 valence electrons. The fourth-order valence-corrected chi connectivity index (χ4v) is 3.05. The molecule has 0 fully saturated rings. The van der Waals surface area contributed by atoms with Crippen LogP contribution in [0.2, 0.25) is 0 Å². The molecule has 0 nitrogen and oxygen atoms in total. The molecule has 2 aromatic carbocycles. The topological polar surface area (TPSA) is 0 Å². The minimum atomic E-state index is -0.327. The molecule has 2 aromatic rings. The molecule has 0 heterocycles. The second-order valence-corrected chi connectivity index (χ2v) is 5.07. The van der Waals surface area contributed by atoms with Gasteiger partial charge in [0.2, 0.25) is 0 Å². The first-order valence-electron chi connectivity index (χ1n) is 5.48. The Balaban J connectivity index is 2.34. The lowest BCUT2D eigenvalue weighted by Gasteiger charge is -2.06. The van der Waals surface area contributed by atoms with Crippen LogP contribution in [-0.4, -0.2) is 5.33 Å². The van der Waals surface area contributed by atoms with Crippen LogP contribution >= 0.6 is 31.9 Å². The van der Waals surface area contributed by atoms with Gasteiger partial charge in [0.05, 0.1) is 0 Å². The van der Waals surface area contributed by atoms with Gasteiger partial charge >= 0.3 is 0 Å². The van der Waals surface area contributed by atoms with Gasteiger partial charge in [0, 0.05) is 10.9 Å². The smallest absolute Gasteiger partial charge is 0.170 e. The molecule has 2 rings (SSSR count). The van der Waals surface area contributed by atoms with E-state index in [0.29, 0.717) is 10.9 Å². The van der Waals surface area contributed by atoms with E-state index >= 15 is 0 Å². The molecule has 3 heteroatoms. The van der Waals surface area contributed by atoms with Crippen LogP contribution in [0.5, 0.6) is 0 Å². The van der Waals surface area contributed by atoms with E-state index in [2.05, 4.69) is 44.0 Å². The summed E-state index contributed by atoms with van der Waals surface area (Å²) in [5.74, 6) is 0.